The van der Waals surface area contributed by atoms with Gasteiger partial charge in [-0.15, -0.1) is 0 Å². The van der Waals surface area contributed by atoms with E-state index in [9.17, 15) is 0 Å². The predicted octanol–water partition coefficient (Wildman–Crippen LogP) is 1.35. The maximum atomic E-state index is 5.65. The number of rotatable bonds is 5. The molecule has 0 aromatic carbocycles. The van der Waals surface area contributed by atoms with Gasteiger partial charge in [0.15, 0.2) is 0 Å². The molecule has 2 heteroatoms. The van der Waals surface area contributed by atoms with Crippen LogP contribution in [0.15, 0.2) is 0 Å². The van der Waals surface area contributed by atoms with Crippen LogP contribution in [0, 0.1) is 11.3 Å². The maximum Gasteiger partial charge on any atom is -0.00233 e. The van der Waals surface area contributed by atoms with Gasteiger partial charge in [-0.3, -0.25) is 0 Å². The summed E-state index contributed by atoms with van der Waals surface area (Å²) >= 11 is 0. The van der Waals surface area contributed by atoms with Gasteiger partial charge < -0.3 is 11.5 Å². The molecule has 1 unspecified atom stereocenters. The highest BCUT2D eigenvalue weighted by atomic mass is 14.6. The molecule has 0 aliphatic carbocycles. The van der Waals surface area contributed by atoms with Crippen molar-refractivity contribution in [3.63, 3.8) is 0 Å². The van der Waals surface area contributed by atoms with E-state index < -0.39 is 0 Å². The van der Waals surface area contributed by atoms with Gasteiger partial charge in [-0.2, -0.15) is 0 Å². The molecule has 0 spiro atoms. The minimum atomic E-state index is 0.273. The fraction of sp³-hybridized carbons (Fsp3) is 1.00. The van der Waals surface area contributed by atoms with Crippen molar-refractivity contribution in [3.05, 3.63) is 0 Å². The Balaban J connectivity index is 3.71. The van der Waals surface area contributed by atoms with E-state index in [0.717, 1.165) is 19.5 Å². The highest BCUT2D eigenvalue weighted by molar-refractivity contribution is 4.75. The molecule has 0 aromatic rings. The second-order valence-corrected chi connectivity index (χ2v) is 4.02. The van der Waals surface area contributed by atoms with E-state index in [1.165, 1.54) is 6.42 Å². The van der Waals surface area contributed by atoms with E-state index in [-0.39, 0.29) is 5.41 Å². The SMILES string of the molecule is CC(CCCN)C(C)(C)CN. The van der Waals surface area contributed by atoms with E-state index in [1.807, 2.05) is 0 Å². The monoisotopic (exact) mass is 158 g/mol. The summed E-state index contributed by atoms with van der Waals surface area (Å²) in [4.78, 5) is 0. The summed E-state index contributed by atoms with van der Waals surface area (Å²) in [6.45, 7) is 8.24. The van der Waals surface area contributed by atoms with Crippen molar-refractivity contribution in [1.82, 2.24) is 0 Å². The van der Waals surface area contributed by atoms with Crippen molar-refractivity contribution in [3.8, 4) is 0 Å². The third kappa shape index (κ3) is 3.73. The minimum absolute atomic E-state index is 0.273. The smallest absolute Gasteiger partial charge is 0.00233 e. The second-order valence-electron chi connectivity index (χ2n) is 4.02. The third-order valence-electron chi connectivity index (χ3n) is 2.70. The quantitative estimate of drug-likeness (QED) is 0.634. The molecule has 11 heavy (non-hydrogen) atoms. The van der Waals surface area contributed by atoms with Crippen LogP contribution in [-0.4, -0.2) is 13.1 Å². The first-order chi connectivity index (χ1) is 5.04. The van der Waals surface area contributed by atoms with Gasteiger partial charge in [0.1, 0.15) is 0 Å². The standard InChI is InChI=1S/C9H22N2/c1-8(5-4-6-10)9(2,3)7-11/h8H,4-7,10-11H2,1-3H3. The summed E-state index contributed by atoms with van der Waals surface area (Å²) in [5.41, 5.74) is 11.4. The van der Waals surface area contributed by atoms with Crippen LogP contribution in [0.5, 0.6) is 0 Å². The lowest BCUT2D eigenvalue weighted by Gasteiger charge is -2.30. The summed E-state index contributed by atoms with van der Waals surface area (Å²) in [6, 6.07) is 0. The molecule has 0 aromatic heterocycles. The molecule has 0 rings (SSSR count). The van der Waals surface area contributed by atoms with Gasteiger partial charge in [-0.05, 0) is 37.3 Å². The van der Waals surface area contributed by atoms with Crippen LogP contribution in [0.2, 0.25) is 0 Å². The van der Waals surface area contributed by atoms with Gasteiger partial charge in [-0.25, -0.2) is 0 Å². The number of hydrogen-bond donors (Lipinski definition) is 2. The third-order valence-corrected chi connectivity index (χ3v) is 2.70. The summed E-state index contributed by atoms with van der Waals surface area (Å²) < 4.78 is 0. The van der Waals surface area contributed by atoms with E-state index in [4.69, 9.17) is 11.5 Å². The highest BCUT2D eigenvalue weighted by Crippen LogP contribution is 2.28. The van der Waals surface area contributed by atoms with Crippen LogP contribution in [-0.2, 0) is 0 Å². The first-order valence-corrected chi connectivity index (χ1v) is 4.44. The van der Waals surface area contributed by atoms with Crippen molar-refractivity contribution >= 4 is 0 Å². The average molecular weight is 158 g/mol. The zero-order valence-electron chi connectivity index (χ0n) is 8.06. The van der Waals surface area contributed by atoms with Gasteiger partial charge in [0, 0.05) is 0 Å². The first-order valence-electron chi connectivity index (χ1n) is 4.44. The molecule has 0 aliphatic rings. The lowest BCUT2D eigenvalue weighted by Crippen LogP contribution is -2.30. The summed E-state index contributed by atoms with van der Waals surface area (Å²) in [7, 11) is 0. The number of hydrogen-bond acceptors (Lipinski definition) is 2. The predicted molar refractivity (Wildman–Crippen MR) is 50.3 cm³/mol. The van der Waals surface area contributed by atoms with Gasteiger partial charge in [0.25, 0.3) is 0 Å². The van der Waals surface area contributed by atoms with Crippen molar-refractivity contribution in [1.29, 1.82) is 0 Å². The van der Waals surface area contributed by atoms with E-state index in [2.05, 4.69) is 20.8 Å². The second kappa shape index (κ2) is 4.73. The summed E-state index contributed by atoms with van der Waals surface area (Å²) in [5.74, 6) is 0.677. The van der Waals surface area contributed by atoms with Gasteiger partial charge in [0.2, 0.25) is 0 Å². The van der Waals surface area contributed by atoms with Crippen LogP contribution in [0.4, 0.5) is 0 Å². The number of nitrogens with two attached hydrogens (primary N) is 2. The molecule has 0 saturated carbocycles. The Morgan fingerprint density at radius 1 is 1.27 bits per heavy atom. The van der Waals surface area contributed by atoms with E-state index in [1.54, 1.807) is 0 Å². The van der Waals surface area contributed by atoms with Gasteiger partial charge >= 0.3 is 0 Å². The fourth-order valence-electron chi connectivity index (χ4n) is 1.02. The van der Waals surface area contributed by atoms with Crippen LogP contribution >= 0.6 is 0 Å². The Morgan fingerprint density at radius 3 is 2.18 bits per heavy atom. The Kier molecular flexibility index (Phi) is 4.69. The molecule has 0 fully saturated rings. The van der Waals surface area contributed by atoms with Gasteiger partial charge in [0.05, 0.1) is 0 Å². The zero-order chi connectivity index (χ0) is 8.91. The van der Waals surface area contributed by atoms with Crippen molar-refractivity contribution < 1.29 is 0 Å². The molecule has 0 aliphatic heterocycles. The Hall–Kier alpha value is -0.0800. The summed E-state index contributed by atoms with van der Waals surface area (Å²) in [6.07, 6.45) is 2.31. The van der Waals surface area contributed by atoms with Crippen LogP contribution in [0.25, 0.3) is 0 Å². The lowest BCUT2D eigenvalue weighted by molar-refractivity contribution is 0.225. The van der Waals surface area contributed by atoms with Crippen molar-refractivity contribution in [2.75, 3.05) is 13.1 Å². The zero-order valence-corrected chi connectivity index (χ0v) is 8.06. The maximum absolute atomic E-state index is 5.65. The first kappa shape index (κ1) is 10.9. The highest BCUT2D eigenvalue weighted by Gasteiger charge is 2.22. The molecule has 0 amide bonds. The lowest BCUT2D eigenvalue weighted by atomic mass is 9.78. The molecule has 68 valence electrons. The molecule has 0 heterocycles. The molecule has 2 nitrogen and oxygen atoms in total. The Morgan fingerprint density at radius 2 is 1.82 bits per heavy atom. The fourth-order valence-corrected chi connectivity index (χ4v) is 1.02. The minimum Gasteiger partial charge on any atom is -0.330 e. The Bertz CT molecular complexity index is 99.7. The molecule has 0 radical (unpaired) electrons. The van der Waals surface area contributed by atoms with Crippen LogP contribution in [0.3, 0.4) is 0 Å². The molecular weight excluding hydrogens is 136 g/mol. The molecule has 4 N–H and O–H groups in total. The van der Waals surface area contributed by atoms with Crippen molar-refractivity contribution in [2.24, 2.45) is 22.8 Å². The van der Waals surface area contributed by atoms with Gasteiger partial charge in [-0.1, -0.05) is 20.8 Å². The Labute approximate surface area is 70.3 Å². The molecule has 1 atom stereocenters. The topological polar surface area (TPSA) is 52.0 Å². The average Bonchev–Trinajstić information content (AvgIpc) is 2.00. The molecule has 0 saturated heterocycles. The van der Waals surface area contributed by atoms with E-state index >= 15 is 0 Å². The normalized spacial score (nSPS) is 15.0. The van der Waals surface area contributed by atoms with Crippen LogP contribution in [0.1, 0.15) is 33.6 Å². The molecule has 0 bridgehead atoms. The van der Waals surface area contributed by atoms with E-state index in [0.29, 0.717) is 5.92 Å². The molecular formula is C9H22N2. The summed E-state index contributed by atoms with van der Waals surface area (Å²) in [5, 5.41) is 0. The van der Waals surface area contributed by atoms with Crippen LogP contribution < -0.4 is 11.5 Å². The largest absolute Gasteiger partial charge is 0.330 e. The van der Waals surface area contributed by atoms with Crippen molar-refractivity contribution in [2.45, 2.75) is 33.6 Å².